The number of fused-ring (bicyclic) bond motifs is 1. The zero-order chi connectivity index (χ0) is 17.5. The molecule has 0 saturated heterocycles. The Balaban J connectivity index is 1.81. The van der Waals surface area contributed by atoms with Crippen molar-refractivity contribution < 1.29 is 17.9 Å². The van der Waals surface area contributed by atoms with Gasteiger partial charge in [0.15, 0.2) is 15.9 Å². The minimum Gasteiger partial charge on any atom is -0.480 e. The lowest BCUT2D eigenvalue weighted by Crippen LogP contribution is -2.31. The average Bonchev–Trinajstić information content (AvgIpc) is 2.90. The molecular weight excluding hydrogens is 326 g/mol. The van der Waals surface area contributed by atoms with Gasteiger partial charge in [-0.1, -0.05) is 18.2 Å². The number of nitrogens with one attached hydrogen (secondary N) is 1. The SMILES string of the molecule is Cc1cc2c(cc1C)O[C@H](C(=O)Nc1ccccc1S(C)(=O)=O)C2. The Labute approximate surface area is 141 Å². The number of carbonyl (C=O) groups is 1. The molecule has 2 aromatic carbocycles. The predicted molar refractivity (Wildman–Crippen MR) is 92.2 cm³/mol. The first-order valence-corrected chi connectivity index (χ1v) is 9.51. The molecule has 126 valence electrons. The van der Waals surface area contributed by atoms with Gasteiger partial charge in [-0.25, -0.2) is 8.42 Å². The quantitative estimate of drug-likeness (QED) is 0.928. The number of hydrogen-bond donors (Lipinski definition) is 1. The number of amides is 1. The standard InChI is InChI=1S/C18H19NO4S/c1-11-8-13-10-16(23-15(13)9-12(11)2)18(20)19-14-6-4-5-7-17(14)24(3,21)22/h4-9,16H,10H2,1-3H3,(H,19,20)/t16-/m0/s1. The summed E-state index contributed by atoms with van der Waals surface area (Å²) in [6.07, 6.45) is 0.934. The van der Waals surface area contributed by atoms with E-state index in [1.807, 2.05) is 26.0 Å². The van der Waals surface area contributed by atoms with Crippen molar-refractivity contribution in [2.24, 2.45) is 0 Å². The van der Waals surface area contributed by atoms with Crippen molar-refractivity contribution >= 4 is 21.4 Å². The number of rotatable bonds is 3. The van der Waals surface area contributed by atoms with Crippen molar-refractivity contribution in [3.8, 4) is 5.75 Å². The van der Waals surface area contributed by atoms with Crippen LogP contribution >= 0.6 is 0 Å². The third kappa shape index (κ3) is 3.14. The Morgan fingerprint density at radius 3 is 2.54 bits per heavy atom. The third-order valence-corrected chi connectivity index (χ3v) is 5.34. The van der Waals surface area contributed by atoms with Gasteiger partial charge in [0.05, 0.1) is 10.6 Å². The smallest absolute Gasteiger partial charge is 0.265 e. The number of aryl methyl sites for hydroxylation is 2. The first-order chi connectivity index (χ1) is 11.3. The van der Waals surface area contributed by atoms with Gasteiger partial charge in [-0.05, 0) is 48.7 Å². The minimum atomic E-state index is -3.42. The first kappa shape index (κ1) is 16.5. The van der Waals surface area contributed by atoms with Gasteiger partial charge in [-0.2, -0.15) is 0 Å². The molecule has 0 spiro atoms. The van der Waals surface area contributed by atoms with E-state index in [2.05, 4.69) is 5.32 Å². The van der Waals surface area contributed by atoms with E-state index >= 15 is 0 Å². The Bertz CT molecular complexity index is 888. The number of anilines is 1. The molecule has 0 fully saturated rings. The fraction of sp³-hybridized carbons (Fsp3) is 0.278. The normalized spacial score (nSPS) is 16.4. The number of hydrogen-bond acceptors (Lipinski definition) is 4. The molecule has 24 heavy (non-hydrogen) atoms. The number of ether oxygens (including phenoxy) is 1. The molecule has 5 nitrogen and oxygen atoms in total. The number of sulfone groups is 1. The van der Waals surface area contributed by atoms with Crippen LogP contribution < -0.4 is 10.1 Å². The van der Waals surface area contributed by atoms with E-state index in [1.165, 1.54) is 6.07 Å². The summed E-state index contributed by atoms with van der Waals surface area (Å²) in [7, 11) is -3.42. The van der Waals surface area contributed by atoms with Gasteiger partial charge < -0.3 is 10.1 Å². The molecule has 2 aromatic rings. The van der Waals surface area contributed by atoms with Crippen molar-refractivity contribution in [3.05, 3.63) is 53.1 Å². The highest BCUT2D eigenvalue weighted by Crippen LogP contribution is 2.32. The largest absolute Gasteiger partial charge is 0.480 e. The molecule has 0 radical (unpaired) electrons. The van der Waals surface area contributed by atoms with E-state index < -0.39 is 15.9 Å². The van der Waals surface area contributed by atoms with Crippen LogP contribution in [-0.2, 0) is 21.1 Å². The van der Waals surface area contributed by atoms with E-state index in [-0.39, 0.29) is 16.5 Å². The van der Waals surface area contributed by atoms with E-state index in [1.54, 1.807) is 18.2 Å². The molecule has 1 aliphatic heterocycles. The molecule has 1 heterocycles. The van der Waals surface area contributed by atoms with E-state index in [0.29, 0.717) is 6.42 Å². The lowest BCUT2D eigenvalue weighted by atomic mass is 10.0. The molecule has 0 bridgehead atoms. The molecule has 1 aliphatic rings. The number of para-hydroxylation sites is 1. The van der Waals surface area contributed by atoms with Gasteiger partial charge in [0.2, 0.25) is 0 Å². The van der Waals surface area contributed by atoms with E-state index in [0.717, 1.165) is 28.7 Å². The molecule has 0 aliphatic carbocycles. The van der Waals surface area contributed by atoms with Crippen LogP contribution in [0.15, 0.2) is 41.3 Å². The topological polar surface area (TPSA) is 72.5 Å². The lowest BCUT2D eigenvalue weighted by Gasteiger charge is -2.13. The highest BCUT2D eigenvalue weighted by atomic mass is 32.2. The van der Waals surface area contributed by atoms with Crippen LogP contribution in [0.5, 0.6) is 5.75 Å². The molecule has 1 amide bonds. The van der Waals surface area contributed by atoms with Crippen molar-refractivity contribution in [2.45, 2.75) is 31.3 Å². The highest BCUT2D eigenvalue weighted by molar-refractivity contribution is 7.90. The summed E-state index contributed by atoms with van der Waals surface area (Å²) >= 11 is 0. The summed E-state index contributed by atoms with van der Waals surface area (Å²) in [6.45, 7) is 4.01. The molecule has 3 rings (SSSR count). The number of benzene rings is 2. The molecule has 0 unspecified atom stereocenters. The molecule has 1 atom stereocenters. The van der Waals surface area contributed by atoms with Crippen molar-refractivity contribution in [1.82, 2.24) is 0 Å². The first-order valence-electron chi connectivity index (χ1n) is 7.62. The maximum atomic E-state index is 12.5. The van der Waals surface area contributed by atoms with Gasteiger partial charge in [0.1, 0.15) is 5.75 Å². The van der Waals surface area contributed by atoms with Crippen LogP contribution in [0.1, 0.15) is 16.7 Å². The maximum absolute atomic E-state index is 12.5. The fourth-order valence-electron chi connectivity index (χ4n) is 2.77. The van der Waals surface area contributed by atoms with Crippen LogP contribution in [0.3, 0.4) is 0 Å². The van der Waals surface area contributed by atoms with Crippen LogP contribution in [0.4, 0.5) is 5.69 Å². The zero-order valence-electron chi connectivity index (χ0n) is 13.8. The van der Waals surface area contributed by atoms with Crippen LogP contribution in [-0.4, -0.2) is 26.7 Å². The van der Waals surface area contributed by atoms with Gasteiger partial charge in [-0.15, -0.1) is 0 Å². The Kier molecular flexibility index (Phi) is 4.09. The Hall–Kier alpha value is -2.34. The molecule has 0 saturated carbocycles. The second-order valence-corrected chi connectivity index (χ2v) is 8.10. The Morgan fingerprint density at radius 2 is 1.83 bits per heavy atom. The fourth-order valence-corrected chi connectivity index (χ4v) is 3.61. The van der Waals surface area contributed by atoms with Crippen molar-refractivity contribution in [1.29, 1.82) is 0 Å². The summed E-state index contributed by atoms with van der Waals surface area (Å²) in [6, 6.07) is 10.3. The third-order valence-electron chi connectivity index (χ3n) is 4.19. The minimum absolute atomic E-state index is 0.0977. The van der Waals surface area contributed by atoms with E-state index in [9.17, 15) is 13.2 Å². The average molecular weight is 345 g/mol. The molecule has 6 heteroatoms. The molecule has 0 aromatic heterocycles. The highest BCUT2D eigenvalue weighted by Gasteiger charge is 2.30. The lowest BCUT2D eigenvalue weighted by molar-refractivity contribution is -0.122. The van der Waals surface area contributed by atoms with Crippen molar-refractivity contribution in [3.63, 3.8) is 0 Å². The van der Waals surface area contributed by atoms with Gasteiger partial charge in [-0.3, -0.25) is 4.79 Å². The summed E-state index contributed by atoms with van der Waals surface area (Å²) in [5.74, 6) is 0.368. The second-order valence-electron chi connectivity index (χ2n) is 6.11. The zero-order valence-corrected chi connectivity index (χ0v) is 14.6. The Morgan fingerprint density at radius 1 is 1.17 bits per heavy atom. The van der Waals surface area contributed by atoms with Crippen molar-refractivity contribution in [2.75, 3.05) is 11.6 Å². The summed E-state index contributed by atoms with van der Waals surface area (Å²) < 4.78 is 29.4. The summed E-state index contributed by atoms with van der Waals surface area (Å²) in [5.41, 5.74) is 3.53. The second kappa shape index (κ2) is 5.94. The molecular formula is C18H19NO4S. The summed E-state index contributed by atoms with van der Waals surface area (Å²) in [5, 5.41) is 2.68. The van der Waals surface area contributed by atoms with Crippen LogP contribution in [0.2, 0.25) is 0 Å². The number of carbonyl (C=O) groups excluding carboxylic acids is 1. The monoisotopic (exact) mass is 345 g/mol. The molecule has 1 N–H and O–H groups in total. The van der Waals surface area contributed by atoms with Gasteiger partial charge in [0, 0.05) is 12.7 Å². The predicted octanol–water partition coefficient (Wildman–Crippen LogP) is 2.65. The summed E-state index contributed by atoms with van der Waals surface area (Å²) in [4.78, 5) is 12.6. The van der Waals surface area contributed by atoms with E-state index in [4.69, 9.17) is 4.74 Å². The van der Waals surface area contributed by atoms with Crippen LogP contribution in [0, 0.1) is 13.8 Å². The van der Waals surface area contributed by atoms with Gasteiger partial charge >= 0.3 is 0 Å². The van der Waals surface area contributed by atoms with Gasteiger partial charge in [0.25, 0.3) is 5.91 Å². The maximum Gasteiger partial charge on any atom is 0.265 e. The van der Waals surface area contributed by atoms with Crippen LogP contribution in [0.25, 0.3) is 0 Å².